The molecule has 0 amide bonds. The van der Waals surface area contributed by atoms with Gasteiger partial charge in [0, 0.05) is 0 Å². The van der Waals surface area contributed by atoms with Crippen LogP contribution in [-0.2, 0) is 0 Å². The predicted molar refractivity (Wildman–Crippen MR) is 63.9 cm³/mol. The molecule has 2 rings (SSSR count). The van der Waals surface area contributed by atoms with Crippen molar-refractivity contribution in [3.8, 4) is 0 Å². The van der Waals surface area contributed by atoms with Gasteiger partial charge in [-0.2, -0.15) is 0 Å². The molecule has 0 bridgehead atoms. The molecule has 0 saturated carbocycles. The molecule has 0 spiro atoms. The summed E-state index contributed by atoms with van der Waals surface area (Å²) in [5, 5.41) is 1.33. The zero-order valence-electron chi connectivity index (χ0n) is 9.22. The molecule has 2 heteroatoms. The first-order chi connectivity index (χ1) is 6.48. The molecule has 2 aromatic rings. The van der Waals surface area contributed by atoms with Crippen LogP contribution in [0.2, 0.25) is 17.3 Å². The fourth-order valence-electron chi connectivity index (χ4n) is 1.84. The van der Waals surface area contributed by atoms with E-state index >= 15 is 0 Å². The Morgan fingerprint density at radius 3 is 2.50 bits per heavy atom. The van der Waals surface area contributed by atoms with E-state index in [1.807, 2.05) is 6.92 Å². The zero-order valence-corrected chi connectivity index (χ0v) is 11.3. The Morgan fingerprint density at radius 2 is 1.86 bits per heavy atom. The second-order valence-corrected chi connectivity index (χ2v) is 15.4. The first kappa shape index (κ1) is 9.84. The summed E-state index contributed by atoms with van der Waals surface area (Å²) in [5.74, 6) is 8.25. The Kier molecular flexibility index (Phi) is 2.22. The first-order valence-corrected chi connectivity index (χ1v) is 12.3. The molecular formula is C12H16GeO. The molecule has 0 aliphatic rings. The van der Waals surface area contributed by atoms with Gasteiger partial charge >= 0.3 is 87.3 Å². The molecule has 0 fully saturated rings. The summed E-state index contributed by atoms with van der Waals surface area (Å²) in [6.45, 7) is 2.01. The molecule has 0 unspecified atom stereocenters. The molecule has 1 aromatic heterocycles. The van der Waals surface area contributed by atoms with Crippen molar-refractivity contribution in [3.63, 3.8) is 0 Å². The molecule has 74 valence electrons. The van der Waals surface area contributed by atoms with Crippen molar-refractivity contribution in [2.75, 3.05) is 0 Å². The third kappa shape index (κ3) is 1.61. The number of furan rings is 1. The van der Waals surface area contributed by atoms with E-state index < -0.39 is 13.3 Å². The summed E-state index contributed by atoms with van der Waals surface area (Å²) in [6, 6.07) is 8.59. The normalized spacial score (nSPS) is 12.3. The van der Waals surface area contributed by atoms with Crippen molar-refractivity contribution in [3.05, 3.63) is 30.0 Å². The summed E-state index contributed by atoms with van der Waals surface area (Å²) in [4.78, 5) is 0. The molecule has 14 heavy (non-hydrogen) atoms. The summed E-state index contributed by atoms with van der Waals surface area (Å²) >= 11 is -1.74. The third-order valence-electron chi connectivity index (χ3n) is 2.49. The van der Waals surface area contributed by atoms with Crippen LogP contribution in [0.3, 0.4) is 0 Å². The predicted octanol–water partition coefficient (Wildman–Crippen LogP) is 3.29. The van der Waals surface area contributed by atoms with Gasteiger partial charge in [-0.15, -0.1) is 0 Å². The number of fused-ring (bicyclic) bond motifs is 1. The second kappa shape index (κ2) is 3.16. The van der Waals surface area contributed by atoms with Gasteiger partial charge in [0.1, 0.15) is 0 Å². The molecule has 0 radical (unpaired) electrons. The molecule has 1 aromatic carbocycles. The minimum atomic E-state index is -1.74. The molecule has 1 heterocycles. The van der Waals surface area contributed by atoms with E-state index in [-0.39, 0.29) is 0 Å². The Labute approximate surface area is 87.5 Å². The van der Waals surface area contributed by atoms with E-state index in [9.17, 15) is 0 Å². The zero-order chi connectivity index (χ0) is 10.3. The van der Waals surface area contributed by atoms with Gasteiger partial charge in [-0.05, 0) is 0 Å². The average molecular weight is 249 g/mol. The van der Waals surface area contributed by atoms with Crippen LogP contribution in [0.25, 0.3) is 11.0 Å². The SMILES string of the molecule is Cc1cc2[c]([Ge]([CH3])([CH3])[CH3])cccc2o1. The van der Waals surface area contributed by atoms with Crippen LogP contribution in [0.5, 0.6) is 0 Å². The fourth-order valence-corrected chi connectivity index (χ4v) is 5.20. The first-order valence-electron chi connectivity index (χ1n) is 4.98. The van der Waals surface area contributed by atoms with Gasteiger partial charge in [-0.25, -0.2) is 0 Å². The molecular weight excluding hydrogens is 233 g/mol. The van der Waals surface area contributed by atoms with E-state index in [4.69, 9.17) is 4.42 Å². The van der Waals surface area contributed by atoms with E-state index in [0.29, 0.717) is 0 Å². The molecule has 0 N–H and O–H groups in total. The molecule has 0 atom stereocenters. The maximum absolute atomic E-state index is 5.63. The number of aryl methyl sites for hydroxylation is 1. The number of benzene rings is 1. The summed E-state index contributed by atoms with van der Waals surface area (Å²) in [6.07, 6.45) is 0. The van der Waals surface area contributed by atoms with Crippen LogP contribution in [0, 0.1) is 6.92 Å². The van der Waals surface area contributed by atoms with Crippen LogP contribution >= 0.6 is 0 Å². The maximum atomic E-state index is 5.63. The van der Waals surface area contributed by atoms with Gasteiger partial charge in [0.15, 0.2) is 0 Å². The summed E-state index contributed by atoms with van der Waals surface area (Å²) in [5.41, 5.74) is 1.04. The Morgan fingerprint density at radius 1 is 1.14 bits per heavy atom. The van der Waals surface area contributed by atoms with Crippen molar-refractivity contribution in [2.24, 2.45) is 0 Å². The van der Waals surface area contributed by atoms with E-state index in [1.165, 1.54) is 5.39 Å². The van der Waals surface area contributed by atoms with Crippen molar-refractivity contribution >= 4 is 28.6 Å². The third-order valence-corrected chi connectivity index (χ3v) is 6.80. The standard InChI is InChI=1S/C12H16GeO/c1-9-8-10-11(13(2,3)4)6-5-7-12(10)14-9/h5-8H,1-4H3. The fraction of sp³-hybridized carbons (Fsp3) is 0.333. The van der Waals surface area contributed by atoms with E-state index in [2.05, 4.69) is 41.5 Å². The molecule has 0 aliphatic carbocycles. The molecule has 0 aliphatic heterocycles. The monoisotopic (exact) mass is 250 g/mol. The van der Waals surface area contributed by atoms with Gasteiger partial charge in [-0.1, -0.05) is 0 Å². The van der Waals surface area contributed by atoms with Crippen molar-refractivity contribution in [1.82, 2.24) is 0 Å². The van der Waals surface area contributed by atoms with Crippen LogP contribution in [0.1, 0.15) is 5.76 Å². The van der Waals surface area contributed by atoms with Crippen molar-refractivity contribution < 1.29 is 4.42 Å². The number of rotatable bonds is 1. The van der Waals surface area contributed by atoms with Gasteiger partial charge in [0.05, 0.1) is 0 Å². The van der Waals surface area contributed by atoms with Crippen LogP contribution in [0.15, 0.2) is 28.7 Å². The van der Waals surface area contributed by atoms with Crippen LogP contribution in [0.4, 0.5) is 0 Å². The average Bonchev–Trinajstić information content (AvgIpc) is 2.41. The topological polar surface area (TPSA) is 13.1 Å². The Hall–Kier alpha value is -0.697. The Balaban J connectivity index is 2.77. The minimum absolute atomic E-state index is 1.01. The van der Waals surface area contributed by atoms with Gasteiger partial charge < -0.3 is 0 Å². The summed E-state index contributed by atoms with van der Waals surface area (Å²) in [7, 11) is 0. The summed E-state index contributed by atoms with van der Waals surface area (Å²) < 4.78 is 7.17. The van der Waals surface area contributed by atoms with Crippen molar-refractivity contribution in [2.45, 2.75) is 24.2 Å². The number of hydrogen-bond donors (Lipinski definition) is 0. The van der Waals surface area contributed by atoms with E-state index in [1.54, 1.807) is 4.40 Å². The number of hydrogen-bond acceptors (Lipinski definition) is 1. The van der Waals surface area contributed by atoms with Crippen LogP contribution < -0.4 is 4.40 Å². The van der Waals surface area contributed by atoms with Crippen LogP contribution in [-0.4, -0.2) is 13.3 Å². The van der Waals surface area contributed by atoms with Gasteiger partial charge in [0.2, 0.25) is 0 Å². The van der Waals surface area contributed by atoms with Gasteiger partial charge in [0.25, 0.3) is 0 Å². The van der Waals surface area contributed by atoms with Gasteiger partial charge in [-0.3, -0.25) is 0 Å². The Bertz CT molecular complexity index is 463. The van der Waals surface area contributed by atoms with Crippen molar-refractivity contribution in [1.29, 1.82) is 0 Å². The van der Waals surface area contributed by atoms with E-state index in [0.717, 1.165) is 11.3 Å². The quantitative estimate of drug-likeness (QED) is 0.706. The second-order valence-electron chi connectivity index (χ2n) is 4.82. The molecule has 1 nitrogen and oxygen atoms in total. The molecule has 0 saturated heterocycles.